The molecule has 0 heterocycles. The molecule has 1 saturated carbocycles. The van der Waals surface area contributed by atoms with Crippen LogP contribution >= 0.6 is 0 Å². The second-order valence-electron chi connectivity index (χ2n) is 7.29. The second-order valence-corrected chi connectivity index (χ2v) is 7.29. The number of carbonyl (C=O) groups excluding carboxylic acids is 2. The molecule has 1 fully saturated rings. The number of amides is 1. The summed E-state index contributed by atoms with van der Waals surface area (Å²) in [5, 5.41) is 3.01. The van der Waals surface area contributed by atoms with E-state index >= 15 is 0 Å². The highest BCUT2D eigenvalue weighted by Gasteiger charge is 2.28. The van der Waals surface area contributed by atoms with Crippen molar-refractivity contribution in [3.63, 3.8) is 0 Å². The zero-order valence-corrected chi connectivity index (χ0v) is 15.2. The lowest BCUT2D eigenvalue weighted by molar-refractivity contribution is -0.125. The summed E-state index contributed by atoms with van der Waals surface area (Å²) in [4.78, 5) is 24.1. The molecule has 0 unspecified atom stereocenters. The van der Waals surface area contributed by atoms with Crippen LogP contribution < -0.4 is 5.32 Å². The van der Waals surface area contributed by atoms with Gasteiger partial charge in [-0.15, -0.1) is 0 Å². The predicted octanol–water partition coefficient (Wildman–Crippen LogP) is 3.91. The van der Waals surface area contributed by atoms with Gasteiger partial charge in [0.25, 0.3) is 5.91 Å². The standard InChI is InChI=1S/C20H29NO3/c1-13(2)16-8-10-17(11-9-16)20(23)24-12-19(22)21-18-7-5-6-14(3)15(18)4/h8-11,13-15,18H,5-7,12H2,1-4H3,(H,21,22)/t14-,15+,18+/m1/s1. The van der Waals surface area contributed by atoms with Crippen LogP contribution in [0, 0.1) is 11.8 Å². The minimum Gasteiger partial charge on any atom is -0.452 e. The molecular weight excluding hydrogens is 302 g/mol. The van der Waals surface area contributed by atoms with E-state index in [-0.39, 0.29) is 18.6 Å². The van der Waals surface area contributed by atoms with Crippen molar-refractivity contribution in [2.24, 2.45) is 11.8 Å². The summed E-state index contributed by atoms with van der Waals surface area (Å²) in [5.74, 6) is 0.826. The second kappa shape index (κ2) is 8.32. The van der Waals surface area contributed by atoms with E-state index in [1.165, 1.54) is 12.0 Å². The fourth-order valence-corrected chi connectivity index (χ4v) is 3.25. The third-order valence-electron chi connectivity index (χ3n) is 5.20. The van der Waals surface area contributed by atoms with Gasteiger partial charge in [-0.1, -0.05) is 52.7 Å². The van der Waals surface area contributed by atoms with E-state index in [9.17, 15) is 9.59 Å². The van der Waals surface area contributed by atoms with Crippen molar-refractivity contribution < 1.29 is 14.3 Å². The molecular formula is C20H29NO3. The number of rotatable bonds is 5. The Morgan fingerprint density at radius 2 is 1.83 bits per heavy atom. The summed E-state index contributed by atoms with van der Waals surface area (Å²) in [6.45, 7) is 8.39. The van der Waals surface area contributed by atoms with E-state index in [0.29, 0.717) is 23.3 Å². The van der Waals surface area contributed by atoms with E-state index in [2.05, 4.69) is 33.0 Å². The van der Waals surface area contributed by atoms with E-state index in [0.717, 1.165) is 12.8 Å². The summed E-state index contributed by atoms with van der Waals surface area (Å²) in [6, 6.07) is 7.53. The third-order valence-corrected chi connectivity index (χ3v) is 5.20. The molecule has 0 saturated heterocycles. The maximum atomic E-state index is 12.1. The van der Waals surface area contributed by atoms with Gasteiger partial charge in [0.2, 0.25) is 0 Å². The third kappa shape index (κ3) is 4.83. The van der Waals surface area contributed by atoms with Gasteiger partial charge in [0, 0.05) is 6.04 Å². The first-order valence-corrected chi connectivity index (χ1v) is 8.95. The normalized spacial score (nSPS) is 23.8. The quantitative estimate of drug-likeness (QED) is 0.832. The maximum Gasteiger partial charge on any atom is 0.338 e. The molecule has 1 amide bonds. The zero-order chi connectivity index (χ0) is 17.7. The average Bonchev–Trinajstić information content (AvgIpc) is 2.57. The van der Waals surface area contributed by atoms with Gasteiger partial charge in [-0.05, 0) is 41.9 Å². The van der Waals surface area contributed by atoms with Crippen molar-refractivity contribution in [2.45, 2.75) is 58.9 Å². The summed E-state index contributed by atoms with van der Waals surface area (Å²) < 4.78 is 5.14. The predicted molar refractivity (Wildman–Crippen MR) is 94.9 cm³/mol. The molecule has 0 aromatic heterocycles. The molecule has 1 aliphatic rings. The number of nitrogens with one attached hydrogen (secondary N) is 1. The van der Waals surface area contributed by atoms with Crippen LogP contribution in [0.15, 0.2) is 24.3 Å². The molecule has 4 heteroatoms. The van der Waals surface area contributed by atoms with E-state index in [1.54, 1.807) is 12.1 Å². The molecule has 3 atom stereocenters. The fourth-order valence-electron chi connectivity index (χ4n) is 3.25. The molecule has 1 aromatic carbocycles. The van der Waals surface area contributed by atoms with Crippen LogP contribution in [0.3, 0.4) is 0 Å². The van der Waals surface area contributed by atoms with Gasteiger partial charge in [0.1, 0.15) is 0 Å². The Labute approximate surface area is 145 Å². The molecule has 1 aromatic rings. The highest BCUT2D eigenvalue weighted by atomic mass is 16.5. The highest BCUT2D eigenvalue weighted by Crippen LogP contribution is 2.29. The lowest BCUT2D eigenvalue weighted by Crippen LogP contribution is -2.45. The molecule has 4 nitrogen and oxygen atoms in total. The van der Waals surface area contributed by atoms with E-state index < -0.39 is 5.97 Å². The first-order chi connectivity index (χ1) is 11.4. The molecule has 1 N–H and O–H groups in total. The maximum absolute atomic E-state index is 12.1. The molecule has 2 rings (SSSR count). The van der Waals surface area contributed by atoms with Crippen molar-refractivity contribution in [1.29, 1.82) is 0 Å². The Morgan fingerprint density at radius 3 is 2.46 bits per heavy atom. The lowest BCUT2D eigenvalue weighted by atomic mass is 9.78. The van der Waals surface area contributed by atoms with Gasteiger partial charge in [-0.3, -0.25) is 4.79 Å². The van der Waals surface area contributed by atoms with Crippen molar-refractivity contribution in [2.75, 3.05) is 6.61 Å². The monoisotopic (exact) mass is 331 g/mol. The van der Waals surface area contributed by atoms with Crippen LogP contribution in [0.1, 0.15) is 68.8 Å². The van der Waals surface area contributed by atoms with Crippen LogP contribution in [0.4, 0.5) is 0 Å². The van der Waals surface area contributed by atoms with Gasteiger partial charge in [0.15, 0.2) is 6.61 Å². The molecule has 0 aliphatic heterocycles. The zero-order valence-electron chi connectivity index (χ0n) is 15.2. The summed E-state index contributed by atoms with van der Waals surface area (Å²) >= 11 is 0. The van der Waals surface area contributed by atoms with Crippen molar-refractivity contribution in [1.82, 2.24) is 5.32 Å². The Morgan fingerprint density at radius 1 is 1.17 bits per heavy atom. The largest absolute Gasteiger partial charge is 0.452 e. The van der Waals surface area contributed by atoms with Gasteiger partial charge in [-0.25, -0.2) is 4.79 Å². The molecule has 0 radical (unpaired) electrons. The lowest BCUT2D eigenvalue weighted by Gasteiger charge is -2.34. The van der Waals surface area contributed by atoms with Crippen molar-refractivity contribution in [3.8, 4) is 0 Å². The fraction of sp³-hybridized carbons (Fsp3) is 0.600. The van der Waals surface area contributed by atoms with Crippen LogP contribution in [-0.2, 0) is 9.53 Å². The molecule has 132 valence electrons. The number of hydrogen-bond donors (Lipinski definition) is 1. The Hall–Kier alpha value is -1.84. The number of esters is 1. The topological polar surface area (TPSA) is 55.4 Å². The van der Waals surface area contributed by atoms with Crippen LogP contribution in [-0.4, -0.2) is 24.5 Å². The van der Waals surface area contributed by atoms with Gasteiger partial charge in [-0.2, -0.15) is 0 Å². The van der Waals surface area contributed by atoms with Crippen molar-refractivity contribution in [3.05, 3.63) is 35.4 Å². The SMILES string of the molecule is CC(C)c1ccc(C(=O)OCC(=O)N[C@H]2CCC[C@@H](C)[C@@H]2C)cc1. The van der Waals surface area contributed by atoms with Gasteiger partial charge < -0.3 is 10.1 Å². The Balaban J connectivity index is 1.81. The number of carbonyl (C=O) groups is 2. The van der Waals surface area contributed by atoms with Crippen LogP contribution in [0.2, 0.25) is 0 Å². The minimum absolute atomic E-state index is 0.185. The molecule has 24 heavy (non-hydrogen) atoms. The summed E-state index contributed by atoms with van der Waals surface area (Å²) in [7, 11) is 0. The van der Waals surface area contributed by atoms with E-state index in [1.807, 2.05) is 12.1 Å². The number of ether oxygens (including phenoxy) is 1. The minimum atomic E-state index is -0.453. The molecule has 0 spiro atoms. The van der Waals surface area contributed by atoms with Crippen molar-refractivity contribution >= 4 is 11.9 Å². The number of benzene rings is 1. The Bertz CT molecular complexity index is 565. The summed E-state index contributed by atoms with van der Waals surface area (Å²) in [5.41, 5.74) is 1.65. The van der Waals surface area contributed by atoms with Crippen LogP contribution in [0.5, 0.6) is 0 Å². The van der Waals surface area contributed by atoms with Gasteiger partial charge >= 0.3 is 5.97 Å². The van der Waals surface area contributed by atoms with Crippen LogP contribution in [0.25, 0.3) is 0 Å². The van der Waals surface area contributed by atoms with Gasteiger partial charge in [0.05, 0.1) is 5.56 Å². The first-order valence-electron chi connectivity index (χ1n) is 8.95. The number of hydrogen-bond acceptors (Lipinski definition) is 3. The van der Waals surface area contributed by atoms with E-state index in [4.69, 9.17) is 4.74 Å². The first kappa shape index (κ1) is 18.5. The average molecular weight is 331 g/mol. The smallest absolute Gasteiger partial charge is 0.338 e. The molecule has 0 bridgehead atoms. The molecule has 1 aliphatic carbocycles. The summed E-state index contributed by atoms with van der Waals surface area (Å²) in [6.07, 6.45) is 3.36. The Kier molecular flexibility index (Phi) is 6.41. The highest BCUT2D eigenvalue weighted by molar-refractivity contribution is 5.91.